The molecule has 3 heteroatoms. The van der Waals surface area contributed by atoms with Crippen molar-refractivity contribution in [3.63, 3.8) is 0 Å². The maximum atomic E-state index is 12.4. The molecule has 1 aliphatic rings. The summed E-state index contributed by atoms with van der Waals surface area (Å²) >= 11 is 0. The van der Waals surface area contributed by atoms with Crippen LogP contribution in [-0.4, -0.2) is 11.8 Å². The van der Waals surface area contributed by atoms with Gasteiger partial charge in [0.05, 0.1) is 5.56 Å². The lowest BCUT2D eigenvalue weighted by molar-refractivity contribution is 0.0734. The zero-order valence-electron chi connectivity index (χ0n) is 17.7. The minimum absolute atomic E-state index is 0.00606. The van der Waals surface area contributed by atoms with Gasteiger partial charge in [-0.1, -0.05) is 44.7 Å². The standard InChI is InChI=1S/C26H32O3/c1-3-4-5-6-20-7-9-22(10-8-20)23-11-13-24(14-12-23)26(28)29-25-17-15-21(16-18-25)19(2)27/h11-18,20,22H,3-10H2,1-2H3. The molecular formula is C26H32O3. The molecular weight excluding hydrogens is 360 g/mol. The van der Waals surface area contributed by atoms with Gasteiger partial charge in [0.15, 0.2) is 5.78 Å². The highest BCUT2D eigenvalue weighted by molar-refractivity contribution is 5.94. The maximum Gasteiger partial charge on any atom is 0.343 e. The van der Waals surface area contributed by atoms with Crippen LogP contribution in [0.15, 0.2) is 48.5 Å². The average Bonchev–Trinajstić information content (AvgIpc) is 2.75. The summed E-state index contributed by atoms with van der Waals surface area (Å²) in [6, 6.07) is 14.6. The molecule has 1 saturated carbocycles. The number of carbonyl (C=O) groups is 2. The largest absolute Gasteiger partial charge is 0.423 e. The van der Waals surface area contributed by atoms with Crippen molar-refractivity contribution in [2.75, 3.05) is 0 Å². The number of rotatable bonds is 8. The van der Waals surface area contributed by atoms with Crippen molar-refractivity contribution in [2.45, 2.75) is 71.1 Å². The van der Waals surface area contributed by atoms with Gasteiger partial charge >= 0.3 is 5.97 Å². The Balaban J connectivity index is 1.52. The lowest BCUT2D eigenvalue weighted by Gasteiger charge is -2.29. The fourth-order valence-electron chi connectivity index (χ4n) is 4.28. The second-order valence-corrected chi connectivity index (χ2v) is 8.31. The van der Waals surface area contributed by atoms with Crippen molar-refractivity contribution < 1.29 is 14.3 Å². The number of benzene rings is 2. The van der Waals surface area contributed by atoms with Crippen molar-refractivity contribution in [3.8, 4) is 5.75 Å². The Labute approximate surface area is 174 Å². The quantitative estimate of drug-likeness (QED) is 0.211. The lowest BCUT2D eigenvalue weighted by Crippen LogP contribution is -2.14. The van der Waals surface area contributed by atoms with Crippen molar-refractivity contribution in [3.05, 3.63) is 65.2 Å². The molecule has 0 atom stereocenters. The summed E-state index contributed by atoms with van der Waals surface area (Å²) in [5, 5.41) is 0. The molecule has 0 N–H and O–H groups in total. The van der Waals surface area contributed by atoms with Crippen LogP contribution in [0.5, 0.6) is 5.75 Å². The van der Waals surface area contributed by atoms with E-state index in [4.69, 9.17) is 4.74 Å². The van der Waals surface area contributed by atoms with Crippen molar-refractivity contribution >= 4 is 11.8 Å². The maximum absolute atomic E-state index is 12.4. The van der Waals surface area contributed by atoms with E-state index < -0.39 is 0 Å². The van der Waals surface area contributed by atoms with Crippen LogP contribution in [0.2, 0.25) is 0 Å². The van der Waals surface area contributed by atoms with E-state index >= 15 is 0 Å². The number of carbonyl (C=O) groups excluding carboxylic acids is 2. The highest BCUT2D eigenvalue weighted by Crippen LogP contribution is 2.37. The summed E-state index contributed by atoms with van der Waals surface area (Å²) in [7, 11) is 0. The smallest absolute Gasteiger partial charge is 0.343 e. The van der Waals surface area contributed by atoms with E-state index in [-0.39, 0.29) is 11.8 Å². The van der Waals surface area contributed by atoms with Crippen LogP contribution in [0.3, 0.4) is 0 Å². The van der Waals surface area contributed by atoms with E-state index in [9.17, 15) is 9.59 Å². The Morgan fingerprint density at radius 3 is 2.07 bits per heavy atom. The van der Waals surface area contributed by atoms with E-state index in [1.165, 1.54) is 63.9 Å². The summed E-state index contributed by atoms with van der Waals surface area (Å²) in [6.45, 7) is 3.78. The topological polar surface area (TPSA) is 43.4 Å². The second kappa shape index (κ2) is 10.4. The molecule has 154 valence electrons. The first-order valence-electron chi connectivity index (χ1n) is 11.0. The minimum atomic E-state index is -0.369. The lowest BCUT2D eigenvalue weighted by atomic mass is 9.77. The van der Waals surface area contributed by atoms with Gasteiger partial charge in [-0.05, 0) is 86.4 Å². The number of ether oxygens (including phenoxy) is 1. The molecule has 0 radical (unpaired) electrons. The van der Waals surface area contributed by atoms with Crippen LogP contribution in [0.1, 0.15) is 97.4 Å². The molecule has 0 unspecified atom stereocenters. The SMILES string of the molecule is CCCCCC1CCC(c2ccc(C(=O)Oc3ccc(C(C)=O)cc3)cc2)CC1. The van der Waals surface area contributed by atoms with E-state index in [0.717, 1.165) is 5.92 Å². The Kier molecular flexibility index (Phi) is 7.62. The highest BCUT2D eigenvalue weighted by atomic mass is 16.5. The zero-order chi connectivity index (χ0) is 20.6. The first-order valence-corrected chi connectivity index (χ1v) is 11.0. The minimum Gasteiger partial charge on any atom is -0.423 e. The molecule has 3 nitrogen and oxygen atoms in total. The number of hydrogen-bond acceptors (Lipinski definition) is 3. The van der Waals surface area contributed by atoms with Crippen molar-refractivity contribution in [2.24, 2.45) is 5.92 Å². The summed E-state index contributed by atoms with van der Waals surface area (Å²) < 4.78 is 5.43. The Hall–Kier alpha value is -2.42. The zero-order valence-corrected chi connectivity index (χ0v) is 17.7. The Bertz CT molecular complexity index is 797. The van der Waals surface area contributed by atoms with Gasteiger partial charge in [0, 0.05) is 5.56 Å². The van der Waals surface area contributed by atoms with E-state index in [1.54, 1.807) is 24.3 Å². The summed E-state index contributed by atoms with van der Waals surface area (Å²) in [4.78, 5) is 23.7. The summed E-state index contributed by atoms with van der Waals surface area (Å²) in [5.74, 6) is 1.59. The molecule has 0 amide bonds. The summed E-state index contributed by atoms with van der Waals surface area (Å²) in [6.07, 6.45) is 10.6. The molecule has 0 bridgehead atoms. The molecule has 29 heavy (non-hydrogen) atoms. The fourth-order valence-corrected chi connectivity index (χ4v) is 4.28. The molecule has 0 saturated heterocycles. The van der Waals surface area contributed by atoms with Gasteiger partial charge in [-0.25, -0.2) is 4.79 Å². The van der Waals surface area contributed by atoms with Gasteiger partial charge in [-0.15, -0.1) is 0 Å². The van der Waals surface area contributed by atoms with Crippen LogP contribution in [-0.2, 0) is 0 Å². The third kappa shape index (κ3) is 6.03. The van der Waals surface area contributed by atoms with Gasteiger partial charge < -0.3 is 4.74 Å². The molecule has 0 heterocycles. The predicted octanol–water partition coefficient (Wildman–Crippen LogP) is 6.96. The van der Waals surface area contributed by atoms with Crippen molar-refractivity contribution in [1.82, 2.24) is 0 Å². The van der Waals surface area contributed by atoms with Crippen LogP contribution in [0.4, 0.5) is 0 Å². The van der Waals surface area contributed by atoms with Gasteiger partial charge in [-0.3, -0.25) is 4.79 Å². The second-order valence-electron chi connectivity index (χ2n) is 8.31. The van der Waals surface area contributed by atoms with Crippen LogP contribution in [0.25, 0.3) is 0 Å². The Morgan fingerprint density at radius 2 is 1.48 bits per heavy atom. The molecule has 2 aromatic rings. The fraction of sp³-hybridized carbons (Fsp3) is 0.462. The highest BCUT2D eigenvalue weighted by Gasteiger charge is 2.22. The van der Waals surface area contributed by atoms with Crippen LogP contribution in [0, 0.1) is 5.92 Å². The van der Waals surface area contributed by atoms with Crippen LogP contribution >= 0.6 is 0 Å². The number of Topliss-reactive ketones (excluding diaryl/α,β-unsaturated/α-hetero) is 1. The van der Waals surface area contributed by atoms with Crippen LogP contribution < -0.4 is 4.74 Å². The monoisotopic (exact) mass is 392 g/mol. The Morgan fingerprint density at radius 1 is 0.862 bits per heavy atom. The first-order chi connectivity index (χ1) is 14.1. The molecule has 1 fully saturated rings. The summed E-state index contributed by atoms with van der Waals surface area (Å²) in [5.41, 5.74) is 2.49. The molecule has 0 spiro atoms. The normalized spacial score (nSPS) is 19.0. The van der Waals surface area contributed by atoms with Gasteiger partial charge in [-0.2, -0.15) is 0 Å². The number of hydrogen-bond donors (Lipinski definition) is 0. The number of esters is 1. The van der Waals surface area contributed by atoms with E-state index in [1.807, 2.05) is 12.1 Å². The van der Waals surface area contributed by atoms with Crippen molar-refractivity contribution in [1.29, 1.82) is 0 Å². The van der Waals surface area contributed by atoms with Gasteiger partial charge in [0.2, 0.25) is 0 Å². The predicted molar refractivity (Wildman–Crippen MR) is 117 cm³/mol. The molecule has 0 aliphatic heterocycles. The molecule has 2 aromatic carbocycles. The molecule has 1 aliphatic carbocycles. The van der Waals surface area contributed by atoms with E-state index in [0.29, 0.717) is 22.8 Å². The van der Waals surface area contributed by atoms with Gasteiger partial charge in [0.1, 0.15) is 5.75 Å². The van der Waals surface area contributed by atoms with Gasteiger partial charge in [0.25, 0.3) is 0 Å². The number of unbranched alkanes of at least 4 members (excludes halogenated alkanes) is 2. The average molecular weight is 393 g/mol. The van der Waals surface area contributed by atoms with E-state index in [2.05, 4.69) is 19.1 Å². The third-order valence-electron chi connectivity index (χ3n) is 6.15. The molecule has 0 aromatic heterocycles. The first kappa shape index (κ1) is 21.3. The molecule has 3 rings (SSSR count). The third-order valence-corrected chi connectivity index (χ3v) is 6.15. The number of ketones is 1.